The van der Waals surface area contributed by atoms with E-state index in [1.54, 1.807) is 65.4 Å². The van der Waals surface area contributed by atoms with Crippen LogP contribution in [0, 0.1) is 5.92 Å². The van der Waals surface area contributed by atoms with Crippen molar-refractivity contribution in [1.82, 2.24) is 20.4 Å². The van der Waals surface area contributed by atoms with Gasteiger partial charge in [0, 0.05) is 42.9 Å². The fraction of sp³-hybridized carbons (Fsp3) is 0.434. The molecule has 2 aliphatic heterocycles. The molecule has 3 aliphatic rings. The van der Waals surface area contributed by atoms with Crippen LogP contribution in [-0.2, 0) is 38.8 Å². The maximum absolute atomic E-state index is 14.5. The van der Waals surface area contributed by atoms with Crippen molar-refractivity contribution >= 4 is 47.2 Å². The van der Waals surface area contributed by atoms with Crippen LogP contribution >= 0.6 is 0 Å². The van der Waals surface area contributed by atoms with E-state index < -0.39 is 53.6 Å². The third kappa shape index (κ3) is 10.5. The number of ether oxygens (including phenoxy) is 3. The van der Waals surface area contributed by atoms with Gasteiger partial charge in [-0.2, -0.15) is 0 Å². The molecule has 6 amide bonds. The molecule has 0 unspecified atom stereocenters. The quantitative estimate of drug-likeness (QED) is 0.0763. The monoisotopic (exact) mass is 928 g/mol. The first kappa shape index (κ1) is 49.2. The zero-order chi connectivity index (χ0) is 48.4. The number of hydrogen-bond acceptors (Lipinski definition) is 9. The number of rotatable bonds is 18. The molecule has 15 heteroatoms. The molecular formula is C53H64N6O9. The lowest BCUT2D eigenvalue weighted by Gasteiger charge is -2.33. The van der Waals surface area contributed by atoms with Crippen LogP contribution in [0.25, 0.3) is 11.1 Å². The van der Waals surface area contributed by atoms with Gasteiger partial charge in [-0.3, -0.25) is 19.2 Å². The molecule has 2 heterocycles. The van der Waals surface area contributed by atoms with Crippen LogP contribution in [0.1, 0.15) is 106 Å². The molecule has 7 rings (SSSR count). The minimum atomic E-state index is -1.08. The summed E-state index contributed by atoms with van der Waals surface area (Å²) in [6.45, 7) is 5.32. The average Bonchev–Trinajstić information content (AvgIpc) is 4.09. The predicted molar refractivity (Wildman–Crippen MR) is 259 cm³/mol. The molecule has 2 saturated heterocycles. The number of carbonyl (C=O) groups excluding carboxylic acids is 6. The normalized spacial score (nSPS) is 18.7. The summed E-state index contributed by atoms with van der Waals surface area (Å²) in [5.41, 5.74) is 6.23. The number of methoxy groups -OCH3 is 3. The Morgan fingerprint density at radius 1 is 0.647 bits per heavy atom. The highest BCUT2D eigenvalue weighted by molar-refractivity contribution is 6.01. The Kier molecular flexibility index (Phi) is 16.2. The molecule has 68 heavy (non-hydrogen) atoms. The van der Waals surface area contributed by atoms with E-state index >= 15 is 0 Å². The fourth-order valence-electron chi connectivity index (χ4n) is 10.3. The first-order valence-corrected chi connectivity index (χ1v) is 23.8. The molecule has 4 aromatic carbocycles. The molecule has 0 spiro atoms. The van der Waals surface area contributed by atoms with E-state index in [0.717, 1.165) is 60.8 Å². The lowest BCUT2D eigenvalue weighted by Crippen LogP contribution is -2.48. The van der Waals surface area contributed by atoms with Crippen molar-refractivity contribution in [3.8, 4) is 11.1 Å². The van der Waals surface area contributed by atoms with Crippen LogP contribution in [0.2, 0.25) is 0 Å². The average molecular weight is 929 g/mol. The number of anilines is 2. The van der Waals surface area contributed by atoms with Gasteiger partial charge in [-0.05, 0) is 89.8 Å². The second-order valence-corrected chi connectivity index (χ2v) is 18.0. The van der Waals surface area contributed by atoms with E-state index in [0.29, 0.717) is 54.9 Å². The smallest absolute Gasteiger partial charge is 0.407 e. The minimum Gasteiger partial charge on any atom is -0.453 e. The molecule has 0 bridgehead atoms. The van der Waals surface area contributed by atoms with Gasteiger partial charge < -0.3 is 45.3 Å². The predicted octanol–water partition coefficient (Wildman–Crippen LogP) is 8.26. The minimum absolute atomic E-state index is 0.110. The van der Waals surface area contributed by atoms with Gasteiger partial charge in [-0.25, -0.2) is 9.59 Å². The van der Waals surface area contributed by atoms with Gasteiger partial charge in [-0.15, -0.1) is 0 Å². The highest BCUT2D eigenvalue weighted by Gasteiger charge is 2.45. The van der Waals surface area contributed by atoms with E-state index in [1.807, 2.05) is 30.3 Å². The molecule has 4 N–H and O–H groups in total. The topological polar surface area (TPSA) is 185 Å². The van der Waals surface area contributed by atoms with Crippen molar-refractivity contribution in [3.63, 3.8) is 0 Å². The van der Waals surface area contributed by atoms with Crippen molar-refractivity contribution in [2.75, 3.05) is 51.7 Å². The maximum atomic E-state index is 14.5. The Labute approximate surface area is 398 Å². The van der Waals surface area contributed by atoms with Gasteiger partial charge in [0.05, 0.1) is 20.8 Å². The Morgan fingerprint density at radius 2 is 1.13 bits per heavy atom. The molecule has 0 radical (unpaired) electrons. The third-order valence-corrected chi connectivity index (χ3v) is 13.7. The summed E-state index contributed by atoms with van der Waals surface area (Å²) in [6.07, 6.45) is 5.46. The second kappa shape index (κ2) is 22.4. The second-order valence-electron chi connectivity index (χ2n) is 18.0. The molecule has 0 aromatic heterocycles. The fourth-order valence-corrected chi connectivity index (χ4v) is 10.3. The maximum Gasteiger partial charge on any atom is 0.407 e. The summed E-state index contributed by atoms with van der Waals surface area (Å²) in [4.78, 5) is 85.2. The summed E-state index contributed by atoms with van der Waals surface area (Å²) in [5, 5.41) is 11.7. The zero-order valence-corrected chi connectivity index (χ0v) is 39.7. The van der Waals surface area contributed by atoms with Crippen LogP contribution in [-0.4, -0.2) is 98.7 Å². The number of carbonyl (C=O) groups is 6. The molecule has 1 aliphatic carbocycles. The summed E-state index contributed by atoms with van der Waals surface area (Å²) < 4.78 is 15.2. The Morgan fingerprint density at radius 3 is 1.60 bits per heavy atom. The van der Waals surface area contributed by atoms with Gasteiger partial charge in [-0.1, -0.05) is 112 Å². The number of nitrogens with one attached hydrogen (secondary N) is 4. The lowest BCUT2D eigenvalue weighted by molar-refractivity contribution is -0.138. The van der Waals surface area contributed by atoms with Crippen LogP contribution in [0.3, 0.4) is 0 Å². The van der Waals surface area contributed by atoms with Gasteiger partial charge in [0.2, 0.25) is 11.8 Å². The molecule has 2 fully saturated rings. The summed E-state index contributed by atoms with van der Waals surface area (Å²) in [7, 11) is 4.07. The molecule has 0 saturated carbocycles. The van der Waals surface area contributed by atoms with E-state index in [4.69, 9.17) is 14.2 Å². The Balaban J connectivity index is 1.16. The number of alkyl carbamates (subject to hydrolysis) is 2. The van der Waals surface area contributed by atoms with Gasteiger partial charge >= 0.3 is 12.2 Å². The van der Waals surface area contributed by atoms with Crippen LogP contribution in [0.4, 0.5) is 21.0 Å². The zero-order valence-electron chi connectivity index (χ0n) is 39.7. The number of likely N-dealkylation sites (tertiary alicyclic amines) is 2. The number of nitrogens with zero attached hydrogens (tertiary/aromatic N) is 2. The van der Waals surface area contributed by atoms with Crippen LogP contribution in [0.15, 0.2) is 97.1 Å². The van der Waals surface area contributed by atoms with Crippen molar-refractivity contribution < 1.29 is 43.0 Å². The van der Waals surface area contributed by atoms with Crippen molar-refractivity contribution in [1.29, 1.82) is 0 Å². The Bertz CT molecular complexity index is 2440. The van der Waals surface area contributed by atoms with Gasteiger partial charge in [0.25, 0.3) is 11.8 Å². The van der Waals surface area contributed by atoms with Crippen molar-refractivity contribution in [3.05, 3.63) is 119 Å². The number of hydrogen-bond donors (Lipinski definition) is 4. The van der Waals surface area contributed by atoms with Gasteiger partial charge in [0.1, 0.15) is 24.2 Å². The number of unbranched alkanes of at least 4 members (excludes halogenated alkanes) is 2. The highest BCUT2D eigenvalue weighted by Crippen LogP contribution is 2.55. The molecule has 360 valence electrons. The first-order valence-electron chi connectivity index (χ1n) is 23.8. The van der Waals surface area contributed by atoms with Crippen molar-refractivity contribution in [2.45, 2.75) is 101 Å². The van der Waals surface area contributed by atoms with E-state index in [9.17, 15) is 28.8 Å². The molecule has 15 nitrogen and oxygen atoms in total. The van der Waals surface area contributed by atoms with Crippen molar-refractivity contribution in [2.24, 2.45) is 5.92 Å². The van der Waals surface area contributed by atoms with Crippen LogP contribution < -0.4 is 21.3 Å². The molecular weight excluding hydrogens is 865 g/mol. The van der Waals surface area contributed by atoms with E-state index in [2.05, 4.69) is 53.3 Å². The highest BCUT2D eigenvalue weighted by atomic mass is 16.5. The summed E-state index contributed by atoms with van der Waals surface area (Å²) in [6, 6.07) is 26.2. The van der Waals surface area contributed by atoms with E-state index in [1.165, 1.54) is 14.2 Å². The summed E-state index contributed by atoms with van der Waals surface area (Å²) in [5.74, 6) is -1.58. The third-order valence-electron chi connectivity index (χ3n) is 13.7. The lowest BCUT2D eigenvalue weighted by atomic mass is 9.70. The standard InChI is InChI=1S/C53H64N6O9/c1-6-8-26-53(27-9-7-2)41-30-37(54-47(60)43-21-16-28-58(43)49(62)45(56-51(64)67-4)35-17-12-10-13-18-35)22-24-39(41)40-25-23-38(31-42(40)53)55-48(61)44-29-34(33-66-3)32-59(44)50(63)46(57-52(65)68-5)36-19-14-11-15-20-36/h10-15,17-20,22-25,30-31,34,43-46H,6-9,16,21,26-29,32-33H2,1-5H3,(H,54,60)(H,55,61)(H,56,64)(H,57,65)/t34-,43-,44-,45+,46+/m0/s1. The van der Waals surface area contributed by atoms with Crippen LogP contribution in [0.5, 0.6) is 0 Å². The number of fused-ring (bicyclic) bond motifs is 3. The van der Waals surface area contributed by atoms with Gasteiger partial charge in [0.15, 0.2) is 0 Å². The first-order chi connectivity index (χ1) is 33.0. The molecule has 4 aromatic rings. The molecule has 5 atom stereocenters. The number of benzene rings is 4. The number of amides is 6. The SMILES string of the molecule is CCCCC1(CCCC)c2cc(NC(=O)[C@@H]3CCCN3C(=O)[C@H](NC(=O)OC)c3ccccc3)ccc2-c2ccc(NC(=O)[C@@H]3C[C@H](COC)CN3C(=O)[C@H](NC(=O)OC)c3ccccc3)cc21. The van der Waals surface area contributed by atoms with E-state index in [-0.39, 0.29) is 24.3 Å². The Hall–Kier alpha value is -6.74. The largest absolute Gasteiger partial charge is 0.453 e. The summed E-state index contributed by atoms with van der Waals surface area (Å²) >= 11 is 0.